The summed E-state index contributed by atoms with van der Waals surface area (Å²) in [5.41, 5.74) is 2.22. The van der Waals surface area contributed by atoms with E-state index in [-0.39, 0.29) is 5.97 Å². The molecular weight excluding hydrogens is 332 g/mol. The van der Waals surface area contributed by atoms with Gasteiger partial charge in [-0.05, 0) is 39.2 Å². The zero-order valence-corrected chi connectivity index (χ0v) is 13.4. The Morgan fingerprint density at radius 3 is 2.52 bits per heavy atom. The van der Waals surface area contributed by atoms with Crippen molar-refractivity contribution in [1.82, 2.24) is 0 Å². The van der Waals surface area contributed by atoms with Gasteiger partial charge in [0.2, 0.25) is 0 Å². The van der Waals surface area contributed by atoms with Crippen LogP contribution in [0.25, 0.3) is 0 Å². The van der Waals surface area contributed by atoms with Gasteiger partial charge in [-0.1, -0.05) is 36.4 Å². The summed E-state index contributed by atoms with van der Waals surface area (Å²) < 4.78 is 11.6. The number of carbonyl (C=O) groups is 1. The first-order valence-electron chi connectivity index (χ1n) is 6.73. The van der Waals surface area contributed by atoms with Crippen molar-refractivity contribution >= 4 is 21.9 Å². The van der Waals surface area contributed by atoms with Crippen LogP contribution in [0.15, 0.2) is 53.0 Å². The second-order valence-corrected chi connectivity index (χ2v) is 5.48. The Bertz CT molecular complexity index is 596. The highest BCUT2D eigenvalue weighted by atomic mass is 79.9. The first-order valence-corrected chi connectivity index (χ1v) is 7.53. The third-order valence-corrected chi connectivity index (χ3v) is 3.55. The summed E-state index contributed by atoms with van der Waals surface area (Å²) in [5, 5.41) is 0. The van der Waals surface area contributed by atoms with Gasteiger partial charge in [0.25, 0.3) is 0 Å². The highest BCUT2D eigenvalue weighted by Gasteiger charge is 2.04. The molecule has 110 valence electrons. The van der Waals surface area contributed by atoms with E-state index in [1.807, 2.05) is 48.5 Å². The van der Waals surface area contributed by atoms with Crippen LogP contribution in [0.5, 0.6) is 5.75 Å². The molecule has 0 N–H and O–H groups in total. The van der Waals surface area contributed by atoms with E-state index in [4.69, 9.17) is 9.47 Å². The standard InChI is InChI=1S/C17H17BrO3/c1-13(19)20-10-9-14-7-8-17(16(18)11-14)21-12-15-5-3-2-4-6-15/h2-8,11H,9-10,12H2,1H3. The van der Waals surface area contributed by atoms with Gasteiger partial charge in [0, 0.05) is 13.3 Å². The lowest BCUT2D eigenvalue weighted by Gasteiger charge is -2.10. The lowest BCUT2D eigenvalue weighted by atomic mass is 10.1. The van der Waals surface area contributed by atoms with Crippen LogP contribution >= 0.6 is 15.9 Å². The summed E-state index contributed by atoms with van der Waals surface area (Å²) in [4.78, 5) is 10.7. The smallest absolute Gasteiger partial charge is 0.302 e. The van der Waals surface area contributed by atoms with Gasteiger partial charge in [-0.15, -0.1) is 0 Å². The molecule has 0 fully saturated rings. The molecule has 0 saturated heterocycles. The Morgan fingerprint density at radius 1 is 1.10 bits per heavy atom. The maximum absolute atomic E-state index is 10.7. The molecule has 0 saturated carbocycles. The molecule has 4 heteroatoms. The van der Waals surface area contributed by atoms with E-state index in [0.29, 0.717) is 19.6 Å². The van der Waals surface area contributed by atoms with Crippen LogP contribution in [0, 0.1) is 0 Å². The maximum Gasteiger partial charge on any atom is 0.302 e. The van der Waals surface area contributed by atoms with Gasteiger partial charge >= 0.3 is 5.97 Å². The van der Waals surface area contributed by atoms with Crippen molar-refractivity contribution in [3.8, 4) is 5.75 Å². The first-order chi connectivity index (χ1) is 10.1. The number of ether oxygens (including phenoxy) is 2. The Labute approximate surface area is 133 Å². The minimum atomic E-state index is -0.253. The molecule has 0 aromatic heterocycles. The zero-order valence-electron chi connectivity index (χ0n) is 11.8. The highest BCUT2D eigenvalue weighted by Crippen LogP contribution is 2.27. The number of carbonyl (C=O) groups excluding carboxylic acids is 1. The first kappa shape index (κ1) is 15.6. The van der Waals surface area contributed by atoms with Gasteiger partial charge < -0.3 is 9.47 Å². The third-order valence-electron chi connectivity index (χ3n) is 2.93. The largest absolute Gasteiger partial charge is 0.488 e. The van der Waals surface area contributed by atoms with Crippen molar-refractivity contribution < 1.29 is 14.3 Å². The van der Waals surface area contributed by atoms with E-state index in [0.717, 1.165) is 21.3 Å². The van der Waals surface area contributed by atoms with Crippen LogP contribution in [-0.2, 0) is 22.6 Å². The number of esters is 1. The fourth-order valence-corrected chi connectivity index (χ4v) is 2.41. The number of halogens is 1. The summed E-state index contributed by atoms with van der Waals surface area (Å²) in [5.74, 6) is 0.548. The van der Waals surface area contributed by atoms with Crippen LogP contribution in [0.1, 0.15) is 18.1 Å². The van der Waals surface area contributed by atoms with Gasteiger partial charge in [-0.25, -0.2) is 0 Å². The number of rotatable bonds is 6. The van der Waals surface area contributed by atoms with E-state index in [2.05, 4.69) is 15.9 Å². The molecule has 2 rings (SSSR count). The Balaban J connectivity index is 1.91. The fraction of sp³-hybridized carbons (Fsp3) is 0.235. The van der Waals surface area contributed by atoms with E-state index in [9.17, 15) is 4.79 Å². The fourth-order valence-electron chi connectivity index (χ4n) is 1.86. The Kier molecular flexibility index (Phi) is 5.81. The molecule has 0 bridgehead atoms. The minimum Gasteiger partial charge on any atom is -0.488 e. The van der Waals surface area contributed by atoms with Crippen LogP contribution < -0.4 is 4.74 Å². The molecule has 3 nitrogen and oxygen atoms in total. The lowest BCUT2D eigenvalue weighted by Crippen LogP contribution is -2.03. The number of benzene rings is 2. The van der Waals surface area contributed by atoms with E-state index in [1.54, 1.807) is 0 Å². The predicted octanol–water partition coefficient (Wildman–Crippen LogP) is 4.13. The summed E-state index contributed by atoms with van der Waals surface area (Å²) >= 11 is 3.51. The number of hydrogen-bond acceptors (Lipinski definition) is 3. The minimum absolute atomic E-state index is 0.253. The lowest BCUT2D eigenvalue weighted by molar-refractivity contribution is -0.140. The molecule has 0 unspecified atom stereocenters. The molecule has 0 atom stereocenters. The third kappa shape index (κ3) is 5.23. The molecule has 0 spiro atoms. The van der Waals surface area contributed by atoms with Crippen molar-refractivity contribution in [2.45, 2.75) is 20.0 Å². The van der Waals surface area contributed by atoms with Crippen molar-refractivity contribution in [2.75, 3.05) is 6.61 Å². The average Bonchev–Trinajstić information content (AvgIpc) is 2.47. The highest BCUT2D eigenvalue weighted by molar-refractivity contribution is 9.10. The van der Waals surface area contributed by atoms with Gasteiger partial charge in [-0.3, -0.25) is 4.79 Å². The van der Waals surface area contributed by atoms with E-state index < -0.39 is 0 Å². The number of hydrogen-bond donors (Lipinski definition) is 0. The van der Waals surface area contributed by atoms with Crippen LogP contribution in [0.2, 0.25) is 0 Å². The Morgan fingerprint density at radius 2 is 1.86 bits per heavy atom. The molecule has 2 aromatic carbocycles. The molecule has 0 aliphatic rings. The second kappa shape index (κ2) is 7.84. The molecule has 2 aromatic rings. The van der Waals surface area contributed by atoms with Crippen LogP contribution in [0.4, 0.5) is 0 Å². The van der Waals surface area contributed by atoms with Gasteiger partial charge in [0.05, 0.1) is 11.1 Å². The van der Waals surface area contributed by atoms with E-state index >= 15 is 0 Å². The van der Waals surface area contributed by atoms with Gasteiger partial charge in [-0.2, -0.15) is 0 Å². The van der Waals surface area contributed by atoms with Gasteiger partial charge in [0.1, 0.15) is 12.4 Å². The summed E-state index contributed by atoms with van der Waals surface area (Å²) in [7, 11) is 0. The topological polar surface area (TPSA) is 35.5 Å². The molecule has 0 aliphatic carbocycles. The molecule has 0 aliphatic heterocycles. The molecule has 21 heavy (non-hydrogen) atoms. The molecule has 0 radical (unpaired) electrons. The van der Waals surface area contributed by atoms with Crippen LogP contribution in [0.3, 0.4) is 0 Å². The van der Waals surface area contributed by atoms with E-state index in [1.165, 1.54) is 6.92 Å². The summed E-state index contributed by atoms with van der Waals surface area (Å²) in [6.45, 7) is 2.34. The molecular formula is C17H17BrO3. The molecule has 0 heterocycles. The van der Waals surface area contributed by atoms with Gasteiger partial charge in [0.15, 0.2) is 0 Å². The van der Waals surface area contributed by atoms with Crippen molar-refractivity contribution in [1.29, 1.82) is 0 Å². The van der Waals surface area contributed by atoms with Crippen molar-refractivity contribution in [3.05, 3.63) is 64.1 Å². The Hall–Kier alpha value is -1.81. The van der Waals surface area contributed by atoms with Crippen LogP contribution in [-0.4, -0.2) is 12.6 Å². The summed E-state index contributed by atoms with van der Waals surface area (Å²) in [6, 6.07) is 15.9. The quantitative estimate of drug-likeness (QED) is 0.736. The second-order valence-electron chi connectivity index (χ2n) is 4.63. The SMILES string of the molecule is CC(=O)OCCc1ccc(OCc2ccccc2)c(Br)c1. The maximum atomic E-state index is 10.7. The molecule has 0 amide bonds. The van der Waals surface area contributed by atoms with Crippen molar-refractivity contribution in [2.24, 2.45) is 0 Å². The van der Waals surface area contributed by atoms with Crippen molar-refractivity contribution in [3.63, 3.8) is 0 Å². The zero-order chi connectivity index (χ0) is 15.1. The normalized spacial score (nSPS) is 10.2. The average molecular weight is 349 g/mol. The monoisotopic (exact) mass is 348 g/mol. The summed E-state index contributed by atoms with van der Waals surface area (Å²) in [6.07, 6.45) is 0.692. The predicted molar refractivity (Wildman–Crippen MR) is 85.3 cm³/mol.